The molecule has 0 amide bonds. The van der Waals surface area contributed by atoms with Crippen LogP contribution in [-0.2, 0) is 6.54 Å². The van der Waals surface area contributed by atoms with Gasteiger partial charge in [0.05, 0.1) is 6.21 Å². The van der Waals surface area contributed by atoms with Gasteiger partial charge in [-0.2, -0.15) is 0 Å². The summed E-state index contributed by atoms with van der Waals surface area (Å²) in [6.07, 6.45) is 4.57. The highest BCUT2D eigenvalue weighted by molar-refractivity contribution is 5.77. The molecule has 3 aliphatic rings. The van der Waals surface area contributed by atoms with E-state index in [4.69, 9.17) is 0 Å². The number of rotatable bonds is 3. The third-order valence-corrected chi connectivity index (χ3v) is 4.70. The number of likely N-dealkylation sites (tertiary alicyclic amines) is 1. The van der Waals surface area contributed by atoms with Crippen LogP contribution in [0.1, 0.15) is 5.56 Å². The molecule has 4 heterocycles. The van der Waals surface area contributed by atoms with Crippen LogP contribution in [0.4, 0.5) is 10.2 Å². The standard InChI is InChI=1S/C16H20FN5/c17-15-6-19-11-22(10-15)16-2-1-12(3-20-16)7-21-8-13-4-18-5-14(13)9-21/h1-3,6,10,13-14,18H,4-5,7-9,11H2. The average molecular weight is 301 g/mol. The van der Waals surface area contributed by atoms with Gasteiger partial charge in [0.2, 0.25) is 0 Å². The zero-order chi connectivity index (χ0) is 14.9. The minimum Gasteiger partial charge on any atom is -0.316 e. The van der Waals surface area contributed by atoms with Crippen molar-refractivity contribution in [2.45, 2.75) is 6.54 Å². The lowest BCUT2D eigenvalue weighted by Crippen LogP contribution is -2.25. The van der Waals surface area contributed by atoms with Crippen molar-refractivity contribution >= 4 is 12.0 Å². The van der Waals surface area contributed by atoms with E-state index in [2.05, 4.69) is 26.3 Å². The maximum atomic E-state index is 13.2. The topological polar surface area (TPSA) is 43.8 Å². The lowest BCUT2D eigenvalue weighted by Gasteiger charge is -2.20. The van der Waals surface area contributed by atoms with Crippen LogP contribution in [0, 0.1) is 11.8 Å². The number of nitrogens with zero attached hydrogens (tertiary/aromatic N) is 4. The summed E-state index contributed by atoms with van der Waals surface area (Å²) in [5, 5.41) is 3.46. The molecule has 6 heteroatoms. The fourth-order valence-electron chi connectivity index (χ4n) is 3.60. The van der Waals surface area contributed by atoms with Gasteiger partial charge in [-0.3, -0.25) is 9.89 Å². The van der Waals surface area contributed by atoms with E-state index in [0.717, 1.165) is 37.3 Å². The Morgan fingerprint density at radius 2 is 2.05 bits per heavy atom. The number of aromatic nitrogens is 1. The van der Waals surface area contributed by atoms with E-state index in [9.17, 15) is 4.39 Å². The summed E-state index contributed by atoms with van der Waals surface area (Å²) in [4.78, 5) is 12.6. The van der Waals surface area contributed by atoms with E-state index in [1.165, 1.54) is 31.1 Å². The highest BCUT2D eigenvalue weighted by Crippen LogP contribution is 2.27. The Bertz CT molecular complexity index is 585. The number of fused-ring (bicyclic) bond motifs is 1. The Hall–Kier alpha value is -1.79. The first kappa shape index (κ1) is 13.8. The normalized spacial score (nSPS) is 28.0. The molecular weight excluding hydrogens is 281 g/mol. The van der Waals surface area contributed by atoms with E-state index in [0.29, 0.717) is 6.67 Å². The largest absolute Gasteiger partial charge is 0.316 e. The molecule has 4 rings (SSSR count). The van der Waals surface area contributed by atoms with Crippen LogP contribution in [0.5, 0.6) is 0 Å². The predicted octanol–water partition coefficient (Wildman–Crippen LogP) is 1.39. The third kappa shape index (κ3) is 2.76. The highest BCUT2D eigenvalue weighted by atomic mass is 19.1. The molecule has 2 atom stereocenters. The first-order valence-electron chi connectivity index (χ1n) is 7.80. The summed E-state index contributed by atoms with van der Waals surface area (Å²) in [7, 11) is 0. The number of nitrogens with one attached hydrogen (secondary N) is 1. The molecule has 1 aromatic rings. The van der Waals surface area contributed by atoms with Crippen LogP contribution in [0.15, 0.2) is 35.3 Å². The number of aliphatic imine (C=N–C) groups is 1. The molecule has 0 bridgehead atoms. The Labute approximate surface area is 129 Å². The van der Waals surface area contributed by atoms with Crippen LogP contribution in [0.3, 0.4) is 0 Å². The highest BCUT2D eigenvalue weighted by Gasteiger charge is 2.35. The summed E-state index contributed by atoms with van der Waals surface area (Å²) >= 11 is 0. The number of halogens is 1. The molecule has 22 heavy (non-hydrogen) atoms. The zero-order valence-corrected chi connectivity index (χ0v) is 12.5. The summed E-state index contributed by atoms with van der Waals surface area (Å²) in [6, 6.07) is 4.02. The SMILES string of the molecule is FC1=CN(c2ccc(CN3CC4CNCC4C3)cn2)CN=C1. The molecule has 1 N–H and O–H groups in total. The van der Waals surface area contributed by atoms with Crippen LogP contribution in [0.25, 0.3) is 0 Å². The van der Waals surface area contributed by atoms with Crippen molar-refractivity contribution in [2.24, 2.45) is 16.8 Å². The van der Waals surface area contributed by atoms with Gasteiger partial charge in [-0.15, -0.1) is 0 Å². The summed E-state index contributed by atoms with van der Waals surface area (Å²) < 4.78 is 13.2. The van der Waals surface area contributed by atoms with Crippen LogP contribution >= 0.6 is 0 Å². The van der Waals surface area contributed by atoms with Gasteiger partial charge in [-0.25, -0.2) is 9.37 Å². The van der Waals surface area contributed by atoms with Gasteiger partial charge in [-0.05, 0) is 36.6 Å². The van der Waals surface area contributed by atoms with Gasteiger partial charge in [0.1, 0.15) is 12.5 Å². The number of allylic oxidation sites excluding steroid dienone is 1. The molecule has 2 saturated heterocycles. The third-order valence-electron chi connectivity index (χ3n) is 4.70. The van der Waals surface area contributed by atoms with Gasteiger partial charge < -0.3 is 10.2 Å². The molecule has 5 nitrogen and oxygen atoms in total. The molecular formula is C16H20FN5. The van der Waals surface area contributed by atoms with Crippen molar-refractivity contribution in [3.63, 3.8) is 0 Å². The van der Waals surface area contributed by atoms with Crippen molar-refractivity contribution in [3.05, 3.63) is 35.9 Å². The minimum atomic E-state index is -0.339. The molecule has 1 aromatic heterocycles. The molecule has 0 saturated carbocycles. The average Bonchev–Trinajstić information content (AvgIpc) is 3.09. The van der Waals surface area contributed by atoms with Crippen LogP contribution in [-0.4, -0.2) is 48.9 Å². The van der Waals surface area contributed by atoms with E-state index in [1.807, 2.05) is 12.3 Å². The Morgan fingerprint density at radius 1 is 1.23 bits per heavy atom. The molecule has 116 valence electrons. The second-order valence-electron chi connectivity index (χ2n) is 6.33. The predicted molar refractivity (Wildman–Crippen MR) is 84.4 cm³/mol. The molecule has 3 aliphatic heterocycles. The number of hydrogen-bond acceptors (Lipinski definition) is 5. The smallest absolute Gasteiger partial charge is 0.157 e. The van der Waals surface area contributed by atoms with Crippen LogP contribution in [0.2, 0.25) is 0 Å². The second-order valence-corrected chi connectivity index (χ2v) is 6.33. The number of pyridine rings is 1. The molecule has 0 aromatic carbocycles. The molecule has 2 unspecified atom stereocenters. The summed E-state index contributed by atoms with van der Waals surface area (Å²) in [5.41, 5.74) is 1.21. The van der Waals surface area contributed by atoms with Gasteiger partial charge in [0.25, 0.3) is 0 Å². The Kier molecular flexibility index (Phi) is 3.63. The van der Waals surface area contributed by atoms with Crippen molar-refractivity contribution in [1.82, 2.24) is 15.2 Å². The van der Waals surface area contributed by atoms with Crippen molar-refractivity contribution < 1.29 is 4.39 Å². The monoisotopic (exact) mass is 301 g/mol. The van der Waals surface area contributed by atoms with Gasteiger partial charge in [-0.1, -0.05) is 6.07 Å². The molecule has 2 fully saturated rings. The van der Waals surface area contributed by atoms with Crippen molar-refractivity contribution in [1.29, 1.82) is 0 Å². The maximum absolute atomic E-state index is 13.2. The lowest BCUT2D eigenvalue weighted by atomic mass is 10.0. The fraction of sp³-hybridized carbons (Fsp3) is 0.500. The minimum absolute atomic E-state index is 0.339. The van der Waals surface area contributed by atoms with Crippen molar-refractivity contribution in [3.8, 4) is 0 Å². The molecule has 0 aliphatic carbocycles. The maximum Gasteiger partial charge on any atom is 0.157 e. The number of anilines is 1. The summed E-state index contributed by atoms with van der Waals surface area (Å²) in [6.45, 7) is 6.03. The van der Waals surface area contributed by atoms with E-state index in [-0.39, 0.29) is 5.83 Å². The van der Waals surface area contributed by atoms with Gasteiger partial charge in [0, 0.05) is 32.0 Å². The van der Waals surface area contributed by atoms with E-state index in [1.54, 1.807) is 4.90 Å². The van der Waals surface area contributed by atoms with E-state index >= 15 is 0 Å². The molecule has 0 radical (unpaired) electrons. The quantitative estimate of drug-likeness (QED) is 0.916. The number of hydrogen-bond donors (Lipinski definition) is 1. The molecule has 0 spiro atoms. The van der Waals surface area contributed by atoms with Crippen LogP contribution < -0.4 is 10.2 Å². The fourth-order valence-corrected chi connectivity index (χ4v) is 3.60. The van der Waals surface area contributed by atoms with E-state index < -0.39 is 0 Å². The lowest BCUT2D eigenvalue weighted by molar-refractivity contribution is 0.305. The second kappa shape index (κ2) is 5.78. The van der Waals surface area contributed by atoms with Gasteiger partial charge >= 0.3 is 0 Å². The van der Waals surface area contributed by atoms with Gasteiger partial charge in [0.15, 0.2) is 5.83 Å². The zero-order valence-electron chi connectivity index (χ0n) is 12.5. The first-order valence-corrected chi connectivity index (χ1v) is 7.80. The Morgan fingerprint density at radius 3 is 2.73 bits per heavy atom. The van der Waals surface area contributed by atoms with Crippen molar-refractivity contribution in [2.75, 3.05) is 37.7 Å². The summed E-state index contributed by atoms with van der Waals surface area (Å²) in [5.74, 6) is 2.02. The first-order chi connectivity index (χ1) is 10.8. The Balaban J connectivity index is 1.39.